The minimum absolute atomic E-state index is 0.235. The number of halogens is 2. The summed E-state index contributed by atoms with van der Waals surface area (Å²) in [7, 11) is -1.24. The van der Waals surface area contributed by atoms with Gasteiger partial charge in [-0.3, -0.25) is 4.57 Å². The summed E-state index contributed by atoms with van der Waals surface area (Å²) < 4.78 is 26.6. The third-order valence-corrected chi connectivity index (χ3v) is 8.73. The zero-order valence-corrected chi connectivity index (χ0v) is 23.3. The number of fused-ring (bicyclic) bond motifs is 2. The molecule has 1 N–H and O–H groups in total. The van der Waals surface area contributed by atoms with Crippen LogP contribution in [0.15, 0.2) is 34.8 Å². The predicted octanol–water partition coefficient (Wildman–Crippen LogP) is 4.73. The average Bonchev–Trinajstić information content (AvgIpc) is 3.46. The molecule has 0 saturated carbocycles. The molecule has 0 bridgehead atoms. The molecule has 0 unspecified atom stereocenters. The van der Waals surface area contributed by atoms with E-state index >= 15 is 0 Å². The van der Waals surface area contributed by atoms with Gasteiger partial charge in [-0.05, 0) is 24.2 Å². The quantitative estimate of drug-likeness (QED) is 0.303. The fourth-order valence-electron chi connectivity index (χ4n) is 4.24. The molecule has 4 atom stereocenters. The Hall–Kier alpha value is -1.53. The van der Waals surface area contributed by atoms with E-state index in [-0.39, 0.29) is 25.5 Å². The maximum Gasteiger partial charge on any atom is 0.301 e. The van der Waals surface area contributed by atoms with Gasteiger partial charge >= 0.3 is 6.01 Å². The number of imidazole rings is 1. The SMILES string of the molecule is C[Si](C)(C)CCOCn1c(O[C@@H]2CO[C@H]3[C@@H]2OC[C@H]3O)nc2cc(Cl)c(-c3ccc(Br)cc3)nc21. The van der Waals surface area contributed by atoms with E-state index in [0.717, 1.165) is 16.1 Å². The Labute approximate surface area is 218 Å². The lowest BCUT2D eigenvalue weighted by Crippen LogP contribution is -2.35. The zero-order chi connectivity index (χ0) is 24.7. The van der Waals surface area contributed by atoms with E-state index in [0.29, 0.717) is 41.1 Å². The molecule has 1 aromatic carbocycles. The van der Waals surface area contributed by atoms with E-state index in [9.17, 15) is 5.11 Å². The van der Waals surface area contributed by atoms with Crippen LogP contribution in [0.2, 0.25) is 30.7 Å². The van der Waals surface area contributed by atoms with Crippen molar-refractivity contribution in [3.63, 3.8) is 0 Å². The van der Waals surface area contributed by atoms with Gasteiger partial charge in [-0.2, -0.15) is 4.98 Å². The standard InChI is InChI=1S/C24H29BrClN3O5Si/c1-35(2,3)9-8-31-13-29-23-17(10-16(26)20(28-23)14-4-6-15(25)7-5-14)27-24(29)34-19-12-33-21-18(30)11-32-22(19)21/h4-7,10,18-19,21-22,30H,8-9,11-13H2,1-3H3/t18-,19-,21-,22-/m1/s1. The van der Waals surface area contributed by atoms with E-state index in [1.165, 1.54) is 0 Å². The molecule has 2 aromatic heterocycles. The molecule has 2 aliphatic heterocycles. The lowest BCUT2D eigenvalue weighted by Gasteiger charge is -2.19. The number of hydrogen-bond acceptors (Lipinski definition) is 7. The third kappa shape index (κ3) is 5.43. The van der Waals surface area contributed by atoms with Crippen LogP contribution in [-0.2, 0) is 20.9 Å². The molecular weight excluding hydrogens is 554 g/mol. The number of ether oxygens (including phenoxy) is 4. The van der Waals surface area contributed by atoms with Crippen LogP contribution in [0.1, 0.15) is 0 Å². The molecule has 2 fully saturated rings. The van der Waals surface area contributed by atoms with Gasteiger partial charge in [0.15, 0.2) is 11.8 Å². The minimum Gasteiger partial charge on any atom is -0.456 e. The predicted molar refractivity (Wildman–Crippen MR) is 140 cm³/mol. The molecule has 8 nitrogen and oxygen atoms in total. The second-order valence-corrected chi connectivity index (χ2v) is 17.1. The van der Waals surface area contributed by atoms with Crippen LogP contribution in [-0.4, -0.2) is 72.0 Å². The summed E-state index contributed by atoms with van der Waals surface area (Å²) in [5, 5.41) is 10.6. The molecule has 2 aliphatic rings. The molecule has 2 saturated heterocycles. The van der Waals surface area contributed by atoms with Gasteiger partial charge in [0.2, 0.25) is 0 Å². The lowest BCUT2D eigenvalue weighted by molar-refractivity contribution is 0.00336. The molecule has 35 heavy (non-hydrogen) atoms. The number of rotatable bonds is 8. The van der Waals surface area contributed by atoms with Gasteiger partial charge in [-0.15, -0.1) is 0 Å². The summed E-state index contributed by atoms with van der Waals surface area (Å²) >= 11 is 10.1. The average molecular weight is 583 g/mol. The topological polar surface area (TPSA) is 87.9 Å². The van der Waals surface area contributed by atoms with Crippen molar-refractivity contribution in [1.29, 1.82) is 0 Å². The maximum absolute atomic E-state index is 10.1. The molecule has 4 heterocycles. The van der Waals surface area contributed by atoms with Crippen LogP contribution in [0.4, 0.5) is 0 Å². The number of pyridine rings is 1. The van der Waals surface area contributed by atoms with E-state index in [2.05, 4.69) is 40.6 Å². The smallest absolute Gasteiger partial charge is 0.301 e. The zero-order valence-electron chi connectivity index (χ0n) is 19.9. The van der Waals surface area contributed by atoms with Crippen LogP contribution in [0, 0.1) is 0 Å². The highest BCUT2D eigenvalue weighted by Crippen LogP contribution is 2.34. The van der Waals surface area contributed by atoms with E-state index in [4.69, 9.17) is 35.5 Å². The Morgan fingerprint density at radius 2 is 1.89 bits per heavy atom. The number of hydrogen-bond donors (Lipinski definition) is 1. The van der Waals surface area contributed by atoms with E-state index < -0.39 is 20.3 Å². The van der Waals surface area contributed by atoms with Crippen molar-refractivity contribution in [2.75, 3.05) is 19.8 Å². The Morgan fingerprint density at radius 3 is 2.63 bits per heavy atom. The van der Waals surface area contributed by atoms with Gasteiger partial charge in [0.05, 0.1) is 23.9 Å². The Balaban J connectivity index is 1.47. The first-order valence-electron chi connectivity index (χ1n) is 11.7. The van der Waals surface area contributed by atoms with Crippen LogP contribution < -0.4 is 4.74 Å². The van der Waals surface area contributed by atoms with Crippen molar-refractivity contribution < 1.29 is 24.1 Å². The number of nitrogens with zero attached hydrogens (tertiary/aromatic N) is 3. The van der Waals surface area contributed by atoms with Gasteiger partial charge in [0.1, 0.15) is 30.6 Å². The molecule has 188 valence electrons. The van der Waals surface area contributed by atoms with Crippen molar-refractivity contribution in [3.05, 3.63) is 39.8 Å². The Morgan fingerprint density at radius 1 is 1.14 bits per heavy atom. The first-order chi connectivity index (χ1) is 16.7. The summed E-state index contributed by atoms with van der Waals surface area (Å²) in [4.78, 5) is 9.56. The monoisotopic (exact) mass is 581 g/mol. The van der Waals surface area contributed by atoms with Crippen LogP contribution >= 0.6 is 27.5 Å². The number of aromatic nitrogens is 3. The fraction of sp³-hybridized carbons (Fsp3) is 0.500. The molecule has 0 aliphatic carbocycles. The Bertz CT molecular complexity index is 1200. The van der Waals surface area contributed by atoms with Crippen LogP contribution in [0.25, 0.3) is 22.4 Å². The second-order valence-electron chi connectivity index (χ2n) is 10.2. The number of benzene rings is 1. The first kappa shape index (κ1) is 25.1. The summed E-state index contributed by atoms with van der Waals surface area (Å²) in [6.07, 6.45) is -1.77. The molecule has 5 rings (SSSR count). The number of aliphatic hydroxyl groups is 1. The van der Waals surface area contributed by atoms with Gasteiger partial charge in [-0.1, -0.05) is 59.3 Å². The summed E-state index contributed by atoms with van der Waals surface area (Å²) in [6, 6.07) is 11.0. The summed E-state index contributed by atoms with van der Waals surface area (Å²) in [5.41, 5.74) is 2.80. The van der Waals surface area contributed by atoms with E-state index in [1.807, 2.05) is 28.8 Å². The molecule has 11 heteroatoms. The van der Waals surface area contributed by atoms with Crippen molar-refractivity contribution in [2.24, 2.45) is 0 Å². The van der Waals surface area contributed by atoms with Crippen molar-refractivity contribution in [2.45, 2.75) is 56.8 Å². The van der Waals surface area contributed by atoms with E-state index in [1.54, 1.807) is 6.07 Å². The molecule has 0 spiro atoms. The minimum atomic E-state index is -1.24. The molecule has 0 radical (unpaired) electrons. The summed E-state index contributed by atoms with van der Waals surface area (Å²) in [5.74, 6) is 0. The van der Waals surface area contributed by atoms with Crippen LogP contribution in [0.3, 0.4) is 0 Å². The van der Waals surface area contributed by atoms with Gasteiger partial charge in [0, 0.05) is 24.7 Å². The first-order valence-corrected chi connectivity index (χ1v) is 16.6. The highest BCUT2D eigenvalue weighted by molar-refractivity contribution is 9.10. The molecule has 0 amide bonds. The van der Waals surface area contributed by atoms with Gasteiger partial charge < -0.3 is 24.1 Å². The van der Waals surface area contributed by atoms with Crippen molar-refractivity contribution >= 4 is 46.8 Å². The van der Waals surface area contributed by atoms with Crippen molar-refractivity contribution in [1.82, 2.24) is 14.5 Å². The lowest BCUT2D eigenvalue weighted by atomic mass is 10.1. The maximum atomic E-state index is 10.1. The van der Waals surface area contributed by atoms with Gasteiger partial charge in [-0.25, -0.2) is 4.98 Å². The highest BCUT2D eigenvalue weighted by Gasteiger charge is 2.48. The Kier molecular flexibility index (Phi) is 7.24. The fourth-order valence-corrected chi connectivity index (χ4v) is 5.51. The highest BCUT2D eigenvalue weighted by atomic mass is 79.9. The number of aliphatic hydroxyl groups excluding tert-OH is 1. The molecule has 3 aromatic rings. The largest absolute Gasteiger partial charge is 0.456 e. The normalized spacial score (nSPS) is 24.3. The second kappa shape index (κ2) is 10.1. The van der Waals surface area contributed by atoms with Crippen LogP contribution in [0.5, 0.6) is 6.01 Å². The third-order valence-electron chi connectivity index (χ3n) is 6.21. The van der Waals surface area contributed by atoms with Crippen molar-refractivity contribution in [3.8, 4) is 17.3 Å². The molecular formula is C24H29BrClN3O5Si. The van der Waals surface area contributed by atoms with Gasteiger partial charge in [0.25, 0.3) is 0 Å². The summed E-state index contributed by atoms with van der Waals surface area (Å²) in [6.45, 7) is 8.39.